The first-order valence-corrected chi connectivity index (χ1v) is 4.74. The van der Waals surface area contributed by atoms with E-state index in [1.54, 1.807) is 18.2 Å². The highest BCUT2D eigenvalue weighted by atomic mass is 35.5. The molecule has 0 fully saturated rings. The minimum Gasteiger partial charge on any atom is -0.326 e. The SMILES string of the molecule is CC(N)C(N)c1ccc(Cl)cc1Cl. The molecule has 4 N–H and O–H groups in total. The Hall–Kier alpha value is -0.280. The summed E-state index contributed by atoms with van der Waals surface area (Å²) >= 11 is 11.7. The van der Waals surface area contributed by atoms with Gasteiger partial charge in [0, 0.05) is 22.1 Å². The van der Waals surface area contributed by atoms with Crippen LogP contribution in [0.5, 0.6) is 0 Å². The Bertz CT molecular complexity index is 300. The van der Waals surface area contributed by atoms with Crippen molar-refractivity contribution < 1.29 is 0 Å². The highest BCUT2D eigenvalue weighted by molar-refractivity contribution is 6.35. The predicted molar refractivity (Wildman–Crippen MR) is 57.0 cm³/mol. The van der Waals surface area contributed by atoms with Crippen molar-refractivity contribution in [3.63, 3.8) is 0 Å². The third-order valence-electron chi connectivity index (χ3n) is 1.89. The van der Waals surface area contributed by atoms with E-state index in [9.17, 15) is 0 Å². The molecule has 4 heteroatoms. The molecule has 1 rings (SSSR count). The molecule has 0 saturated carbocycles. The molecular weight excluding hydrogens is 207 g/mol. The normalized spacial score (nSPS) is 15.5. The van der Waals surface area contributed by atoms with Gasteiger partial charge >= 0.3 is 0 Å². The van der Waals surface area contributed by atoms with E-state index >= 15 is 0 Å². The molecule has 0 radical (unpaired) electrons. The Labute approximate surface area is 87.8 Å². The van der Waals surface area contributed by atoms with Gasteiger partial charge in [-0.1, -0.05) is 29.3 Å². The number of benzene rings is 1. The van der Waals surface area contributed by atoms with Crippen LogP contribution in [0.15, 0.2) is 18.2 Å². The molecule has 2 atom stereocenters. The summed E-state index contributed by atoms with van der Waals surface area (Å²) in [5.41, 5.74) is 12.3. The van der Waals surface area contributed by atoms with Gasteiger partial charge in [-0.25, -0.2) is 0 Å². The van der Waals surface area contributed by atoms with Gasteiger partial charge in [-0.05, 0) is 24.6 Å². The molecule has 2 unspecified atom stereocenters. The van der Waals surface area contributed by atoms with Crippen LogP contribution in [0.1, 0.15) is 18.5 Å². The molecule has 2 nitrogen and oxygen atoms in total. The standard InChI is InChI=1S/C9H12Cl2N2/c1-5(12)9(13)7-3-2-6(10)4-8(7)11/h2-5,9H,12-13H2,1H3. The Kier molecular flexibility index (Phi) is 3.56. The van der Waals surface area contributed by atoms with Crippen LogP contribution in [0.3, 0.4) is 0 Å². The van der Waals surface area contributed by atoms with Crippen molar-refractivity contribution in [3.05, 3.63) is 33.8 Å². The second kappa shape index (κ2) is 4.29. The molecule has 0 aliphatic carbocycles. The van der Waals surface area contributed by atoms with Gasteiger partial charge in [-0.2, -0.15) is 0 Å². The first-order chi connectivity index (χ1) is 6.02. The van der Waals surface area contributed by atoms with E-state index in [2.05, 4.69) is 0 Å². The van der Waals surface area contributed by atoms with Crippen LogP contribution in [-0.4, -0.2) is 6.04 Å². The lowest BCUT2D eigenvalue weighted by atomic mass is 10.0. The van der Waals surface area contributed by atoms with Crippen LogP contribution in [0.25, 0.3) is 0 Å². The molecule has 0 heterocycles. The number of hydrogen-bond donors (Lipinski definition) is 2. The lowest BCUT2D eigenvalue weighted by molar-refractivity contribution is 0.589. The first-order valence-electron chi connectivity index (χ1n) is 3.98. The van der Waals surface area contributed by atoms with E-state index in [4.69, 9.17) is 34.7 Å². The van der Waals surface area contributed by atoms with E-state index in [0.29, 0.717) is 10.0 Å². The highest BCUT2D eigenvalue weighted by Gasteiger charge is 2.13. The van der Waals surface area contributed by atoms with Crippen molar-refractivity contribution in [2.24, 2.45) is 11.5 Å². The number of hydrogen-bond acceptors (Lipinski definition) is 2. The molecule has 72 valence electrons. The minimum absolute atomic E-state index is 0.126. The van der Waals surface area contributed by atoms with Gasteiger partial charge < -0.3 is 11.5 Å². The van der Waals surface area contributed by atoms with Crippen molar-refractivity contribution in [1.29, 1.82) is 0 Å². The predicted octanol–water partition coefficient (Wildman–Crippen LogP) is 2.34. The number of halogens is 2. The van der Waals surface area contributed by atoms with E-state index in [1.807, 2.05) is 6.92 Å². The zero-order valence-electron chi connectivity index (χ0n) is 7.30. The van der Waals surface area contributed by atoms with Gasteiger partial charge in [0.2, 0.25) is 0 Å². The lowest BCUT2D eigenvalue weighted by Crippen LogP contribution is -2.31. The van der Waals surface area contributed by atoms with Crippen molar-refractivity contribution in [3.8, 4) is 0 Å². The Morgan fingerprint density at radius 2 is 1.85 bits per heavy atom. The summed E-state index contributed by atoms with van der Waals surface area (Å²) in [5.74, 6) is 0. The summed E-state index contributed by atoms with van der Waals surface area (Å²) < 4.78 is 0. The Morgan fingerprint density at radius 1 is 1.23 bits per heavy atom. The summed E-state index contributed by atoms with van der Waals surface area (Å²) in [6.45, 7) is 1.84. The van der Waals surface area contributed by atoms with Crippen LogP contribution in [0.2, 0.25) is 10.0 Å². The molecule has 0 aromatic heterocycles. The fraction of sp³-hybridized carbons (Fsp3) is 0.333. The second-order valence-electron chi connectivity index (χ2n) is 3.05. The average molecular weight is 219 g/mol. The Morgan fingerprint density at radius 3 is 2.31 bits per heavy atom. The van der Waals surface area contributed by atoms with Gasteiger partial charge in [0.15, 0.2) is 0 Å². The summed E-state index contributed by atoms with van der Waals surface area (Å²) in [7, 11) is 0. The quantitative estimate of drug-likeness (QED) is 0.801. The molecule has 0 bridgehead atoms. The summed E-state index contributed by atoms with van der Waals surface area (Å²) in [5, 5.41) is 1.17. The molecule has 0 spiro atoms. The Balaban J connectivity index is 3.01. The fourth-order valence-corrected chi connectivity index (χ4v) is 1.59. The summed E-state index contributed by atoms with van der Waals surface area (Å²) in [4.78, 5) is 0. The topological polar surface area (TPSA) is 52.0 Å². The molecule has 1 aromatic rings. The number of rotatable bonds is 2. The maximum absolute atomic E-state index is 5.95. The molecule has 0 saturated heterocycles. The number of nitrogens with two attached hydrogens (primary N) is 2. The van der Waals surface area contributed by atoms with Gasteiger partial charge in [-0.15, -0.1) is 0 Å². The molecule has 13 heavy (non-hydrogen) atoms. The molecule has 0 aliphatic heterocycles. The van der Waals surface area contributed by atoms with Crippen LogP contribution in [0, 0.1) is 0 Å². The van der Waals surface area contributed by atoms with Gasteiger partial charge in [-0.3, -0.25) is 0 Å². The fourth-order valence-electron chi connectivity index (χ4n) is 1.06. The summed E-state index contributed by atoms with van der Waals surface area (Å²) in [6.07, 6.45) is 0. The van der Waals surface area contributed by atoms with Crippen molar-refractivity contribution in [2.75, 3.05) is 0 Å². The largest absolute Gasteiger partial charge is 0.326 e. The van der Waals surface area contributed by atoms with Gasteiger partial charge in [0.1, 0.15) is 0 Å². The van der Waals surface area contributed by atoms with E-state index in [1.165, 1.54) is 0 Å². The van der Waals surface area contributed by atoms with Crippen LogP contribution in [-0.2, 0) is 0 Å². The van der Waals surface area contributed by atoms with E-state index < -0.39 is 0 Å². The lowest BCUT2D eigenvalue weighted by Gasteiger charge is -2.17. The van der Waals surface area contributed by atoms with Crippen molar-refractivity contribution >= 4 is 23.2 Å². The maximum Gasteiger partial charge on any atom is 0.0469 e. The second-order valence-corrected chi connectivity index (χ2v) is 3.89. The minimum atomic E-state index is -0.246. The smallest absolute Gasteiger partial charge is 0.0469 e. The average Bonchev–Trinajstić information content (AvgIpc) is 2.03. The monoisotopic (exact) mass is 218 g/mol. The van der Waals surface area contributed by atoms with E-state index in [0.717, 1.165) is 5.56 Å². The molecule has 1 aromatic carbocycles. The zero-order valence-corrected chi connectivity index (χ0v) is 8.81. The highest BCUT2D eigenvalue weighted by Crippen LogP contribution is 2.26. The van der Waals surface area contributed by atoms with Crippen LogP contribution < -0.4 is 11.5 Å². The summed E-state index contributed by atoms with van der Waals surface area (Å²) in [6, 6.07) is 4.85. The third-order valence-corrected chi connectivity index (χ3v) is 2.45. The molecule has 0 amide bonds. The maximum atomic E-state index is 5.95. The van der Waals surface area contributed by atoms with Crippen LogP contribution >= 0.6 is 23.2 Å². The van der Waals surface area contributed by atoms with E-state index in [-0.39, 0.29) is 12.1 Å². The zero-order chi connectivity index (χ0) is 10.0. The molecule has 0 aliphatic rings. The van der Waals surface area contributed by atoms with Crippen molar-refractivity contribution in [2.45, 2.75) is 19.0 Å². The first kappa shape index (κ1) is 10.8. The van der Waals surface area contributed by atoms with Crippen LogP contribution in [0.4, 0.5) is 0 Å². The van der Waals surface area contributed by atoms with Gasteiger partial charge in [0.25, 0.3) is 0 Å². The van der Waals surface area contributed by atoms with Crippen molar-refractivity contribution in [1.82, 2.24) is 0 Å². The van der Waals surface area contributed by atoms with Gasteiger partial charge in [0.05, 0.1) is 0 Å². The molecular formula is C9H12Cl2N2. The third kappa shape index (κ3) is 2.58.